The lowest BCUT2D eigenvalue weighted by molar-refractivity contribution is 0.138. The molecule has 0 saturated heterocycles. The molecule has 0 amide bonds. The summed E-state index contributed by atoms with van der Waals surface area (Å²) in [5.41, 5.74) is 0.894. The van der Waals surface area contributed by atoms with E-state index in [1.165, 1.54) is 6.33 Å². The highest BCUT2D eigenvalue weighted by Gasteiger charge is 2.15. The van der Waals surface area contributed by atoms with E-state index in [-0.39, 0.29) is 11.8 Å². The van der Waals surface area contributed by atoms with E-state index in [0.29, 0.717) is 17.5 Å². The molecule has 1 aromatic rings. The second-order valence-corrected chi connectivity index (χ2v) is 5.13. The third kappa shape index (κ3) is 3.82. The van der Waals surface area contributed by atoms with E-state index in [4.69, 9.17) is 11.6 Å². The zero-order chi connectivity index (χ0) is 13.0. The average molecular weight is 258 g/mol. The predicted octanol–water partition coefficient (Wildman–Crippen LogP) is 2.68. The van der Waals surface area contributed by atoms with Crippen LogP contribution in [0.3, 0.4) is 0 Å². The number of aromatic nitrogens is 2. The van der Waals surface area contributed by atoms with Crippen molar-refractivity contribution >= 4 is 17.4 Å². The van der Waals surface area contributed by atoms with Crippen LogP contribution in [0.1, 0.15) is 39.2 Å². The molecule has 1 atom stereocenters. The fraction of sp³-hybridized carbons (Fsp3) is 0.667. The molecule has 0 fully saturated rings. The van der Waals surface area contributed by atoms with E-state index < -0.39 is 6.10 Å². The zero-order valence-corrected chi connectivity index (χ0v) is 11.5. The molecule has 0 radical (unpaired) electrons. The largest absolute Gasteiger partial charge is 0.391 e. The van der Waals surface area contributed by atoms with Crippen LogP contribution < -0.4 is 5.32 Å². The highest BCUT2D eigenvalue weighted by atomic mass is 35.5. The smallest absolute Gasteiger partial charge is 0.138 e. The van der Waals surface area contributed by atoms with Gasteiger partial charge >= 0.3 is 0 Å². The maximum absolute atomic E-state index is 9.75. The van der Waals surface area contributed by atoms with Gasteiger partial charge in [0, 0.05) is 12.1 Å². The first kappa shape index (κ1) is 14.2. The van der Waals surface area contributed by atoms with Crippen LogP contribution in [0.5, 0.6) is 0 Å². The van der Waals surface area contributed by atoms with Crippen molar-refractivity contribution < 1.29 is 5.11 Å². The van der Waals surface area contributed by atoms with Crippen molar-refractivity contribution in [1.29, 1.82) is 0 Å². The summed E-state index contributed by atoms with van der Waals surface area (Å²) in [4.78, 5) is 8.15. The normalized spacial score (nSPS) is 13.2. The number of hydrogen-bond acceptors (Lipinski definition) is 4. The Balaban J connectivity index is 2.81. The molecular formula is C12H20ClN3O. The van der Waals surface area contributed by atoms with Crippen LogP contribution >= 0.6 is 11.6 Å². The second kappa shape index (κ2) is 6.17. The molecule has 0 saturated carbocycles. The van der Waals surface area contributed by atoms with Gasteiger partial charge in [0.15, 0.2) is 0 Å². The van der Waals surface area contributed by atoms with Crippen molar-refractivity contribution in [2.75, 3.05) is 11.9 Å². The Kier molecular flexibility index (Phi) is 5.15. The van der Waals surface area contributed by atoms with Gasteiger partial charge in [-0.3, -0.25) is 0 Å². The molecule has 1 aromatic heterocycles. The molecular weight excluding hydrogens is 238 g/mol. The fourth-order valence-electron chi connectivity index (χ4n) is 1.46. The minimum absolute atomic E-state index is 0.210. The third-order valence-electron chi connectivity index (χ3n) is 2.66. The highest BCUT2D eigenvalue weighted by Crippen LogP contribution is 2.27. The number of rotatable bonds is 5. The summed E-state index contributed by atoms with van der Waals surface area (Å²) in [5, 5.41) is 13.3. The fourth-order valence-corrected chi connectivity index (χ4v) is 1.81. The molecule has 0 aromatic carbocycles. The quantitative estimate of drug-likeness (QED) is 0.797. The summed E-state index contributed by atoms with van der Waals surface area (Å²) in [6.45, 7) is 8.49. The van der Waals surface area contributed by atoms with E-state index in [2.05, 4.69) is 15.3 Å². The summed E-state index contributed by atoms with van der Waals surface area (Å²) in [6.07, 6.45) is 1.03. The van der Waals surface area contributed by atoms with Gasteiger partial charge in [-0.05, 0) is 11.8 Å². The van der Waals surface area contributed by atoms with Gasteiger partial charge in [0.05, 0.1) is 6.10 Å². The summed E-state index contributed by atoms with van der Waals surface area (Å²) in [5.74, 6) is 1.16. The molecule has 0 aliphatic heterocycles. The first-order valence-electron chi connectivity index (χ1n) is 5.85. The summed E-state index contributed by atoms with van der Waals surface area (Å²) >= 11 is 6.05. The van der Waals surface area contributed by atoms with E-state index in [0.717, 1.165) is 5.56 Å². The van der Waals surface area contributed by atoms with E-state index >= 15 is 0 Å². The van der Waals surface area contributed by atoms with Gasteiger partial charge in [-0.2, -0.15) is 0 Å². The van der Waals surface area contributed by atoms with Crippen LogP contribution in [-0.2, 0) is 0 Å². The third-order valence-corrected chi connectivity index (χ3v) is 2.96. The van der Waals surface area contributed by atoms with Crippen LogP contribution in [0.4, 0.5) is 5.82 Å². The van der Waals surface area contributed by atoms with E-state index in [1.807, 2.05) is 27.7 Å². The molecule has 96 valence electrons. The molecule has 2 N–H and O–H groups in total. The Hall–Kier alpha value is -0.870. The van der Waals surface area contributed by atoms with Crippen LogP contribution in [0, 0.1) is 5.92 Å². The predicted molar refractivity (Wildman–Crippen MR) is 70.5 cm³/mol. The van der Waals surface area contributed by atoms with E-state index in [9.17, 15) is 5.11 Å². The van der Waals surface area contributed by atoms with Gasteiger partial charge in [-0.15, -0.1) is 0 Å². The Bertz CT molecular complexity index is 369. The molecule has 1 rings (SSSR count). The molecule has 4 nitrogen and oxygen atoms in total. The monoisotopic (exact) mass is 257 g/mol. The SMILES string of the molecule is CC(C)c1c(Cl)ncnc1NCC(O)C(C)C. The highest BCUT2D eigenvalue weighted by molar-refractivity contribution is 6.30. The van der Waals surface area contributed by atoms with Crippen molar-refractivity contribution in [2.45, 2.75) is 39.7 Å². The lowest BCUT2D eigenvalue weighted by atomic mass is 10.1. The molecule has 0 spiro atoms. The maximum atomic E-state index is 9.75. The molecule has 1 heterocycles. The zero-order valence-electron chi connectivity index (χ0n) is 10.7. The van der Waals surface area contributed by atoms with E-state index in [1.54, 1.807) is 0 Å². The van der Waals surface area contributed by atoms with Crippen LogP contribution in [0.25, 0.3) is 0 Å². The maximum Gasteiger partial charge on any atom is 0.138 e. The minimum Gasteiger partial charge on any atom is -0.391 e. The Labute approximate surface area is 107 Å². The number of aliphatic hydroxyl groups is 1. The van der Waals surface area contributed by atoms with Gasteiger partial charge in [-0.1, -0.05) is 39.3 Å². The first-order chi connectivity index (χ1) is 7.93. The van der Waals surface area contributed by atoms with Crippen LogP contribution in [0.2, 0.25) is 5.15 Å². The van der Waals surface area contributed by atoms with Crippen molar-refractivity contribution in [3.8, 4) is 0 Å². The van der Waals surface area contributed by atoms with Gasteiger partial charge in [0.25, 0.3) is 0 Å². The van der Waals surface area contributed by atoms with Gasteiger partial charge in [-0.25, -0.2) is 9.97 Å². The molecule has 1 unspecified atom stereocenters. The average Bonchev–Trinajstić information content (AvgIpc) is 2.24. The van der Waals surface area contributed by atoms with Gasteiger partial charge in [0.1, 0.15) is 17.3 Å². The molecule has 17 heavy (non-hydrogen) atoms. The second-order valence-electron chi connectivity index (χ2n) is 4.77. The summed E-state index contributed by atoms with van der Waals surface area (Å²) in [6, 6.07) is 0. The van der Waals surface area contributed by atoms with Crippen molar-refractivity contribution in [3.63, 3.8) is 0 Å². The van der Waals surface area contributed by atoms with Gasteiger partial charge in [0.2, 0.25) is 0 Å². The number of halogens is 1. The Morgan fingerprint density at radius 2 is 1.94 bits per heavy atom. The van der Waals surface area contributed by atoms with Crippen LogP contribution in [-0.4, -0.2) is 27.7 Å². The standard InChI is InChI=1S/C12H20ClN3O/c1-7(2)9(17)5-14-12-10(8(3)4)11(13)15-6-16-12/h6-9,17H,5H2,1-4H3,(H,14,15,16). The lowest BCUT2D eigenvalue weighted by Gasteiger charge is -2.18. The minimum atomic E-state index is -0.399. The molecule has 0 aliphatic rings. The summed E-state index contributed by atoms with van der Waals surface area (Å²) in [7, 11) is 0. The number of nitrogens with zero attached hydrogens (tertiary/aromatic N) is 2. The summed E-state index contributed by atoms with van der Waals surface area (Å²) < 4.78 is 0. The lowest BCUT2D eigenvalue weighted by Crippen LogP contribution is -2.25. The first-order valence-corrected chi connectivity index (χ1v) is 6.23. The topological polar surface area (TPSA) is 58.0 Å². The Morgan fingerprint density at radius 3 is 2.47 bits per heavy atom. The van der Waals surface area contributed by atoms with Crippen molar-refractivity contribution in [2.24, 2.45) is 5.92 Å². The number of nitrogens with one attached hydrogen (secondary N) is 1. The Morgan fingerprint density at radius 1 is 1.29 bits per heavy atom. The number of aliphatic hydroxyl groups excluding tert-OH is 1. The molecule has 0 bridgehead atoms. The molecule has 5 heteroatoms. The van der Waals surface area contributed by atoms with Crippen molar-refractivity contribution in [3.05, 3.63) is 17.0 Å². The molecule has 0 aliphatic carbocycles. The van der Waals surface area contributed by atoms with Crippen LogP contribution in [0.15, 0.2) is 6.33 Å². The number of anilines is 1. The van der Waals surface area contributed by atoms with Crippen molar-refractivity contribution in [1.82, 2.24) is 9.97 Å². The van der Waals surface area contributed by atoms with Gasteiger partial charge < -0.3 is 10.4 Å². The number of hydrogen-bond donors (Lipinski definition) is 2.